The van der Waals surface area contributed by atoms with Crippen molar-refractivity contribution >= 4 is 40.5 Å². The van der Waals surface area contributed by atoms with Gasteiger partial charge in [-0.3, -0.25) is 14.5 Å². The minimum Gasteiger partial charge on any atom is -0.545 e. The highest BCUT2D eigenvalue weighted by Crippen LogP contribution is 2.29. The maximum atomic E-state index is 12.6. The Kier molecular flexibility index (Phi) is 6.18. The first-order valence-electron chi connectivity index (χ1n) is 8.75. The van der Waals surface area contributed by atoms with E-state index in [0.717, 1.165) is 16.7 Å². The van der Waals surface area contributed by atoms with Crippen LogP contribution in [-0.4, -0.2) is 40.0 Å². The summed E-state index contributed by atoms with van der Waals surface area (Å²) in [5.74, 6) is -2.21. The number of anilines is 1. The van der Waals surface area contributed by atoms with Crippen molar-refractivity contribution in [2.24, 2.45) is 0 Å². The van der Waals surface area contributed by atoms with Gasteiger partial charge in [-0.2, -0.15) is 0 Å². The van der Waals surface area contributed by atoms with Crippen LogP contribution in [0.15, 0.2) is 48.5 Å². The van der Waals surface area contributed by atoms with Crippen LogP contribution in [0.25, 0.3) is 0 Å². The molecule has 0 spiro atoms. The van der Waals surface area contributed by atoms with Crippen LogP contribution in [0.3, 0.4) is 0 Å². The molecule has 3 rings (SSSR count). The first-order chi connectivity index (χ1) is 13.9. The van der Waals surface area contributed by atoms with Gasteiger partial charge in [-0.05, 0) is 54.1 Å². The van der Waals surface area contributed by atoms with Gasteiger partial charge in [0.15, 0.2) is 5.37 Å². The number of benzene rings is 2. The van der Waals surface area contributed by atoms with Crippen LogP contribution < -0.4 is 10.4 Å². The number of nitrogens with zero attached hydrogens (tertiary/aromatic N) is 1. The fourth-order valence-corrected chi connectivity index (χ4v) is 3.62. The molecule has 1 atom stereocenters. The zero-order valence-corrected chi connectivity index (χ0v) is 16.2. The molecular formula is C20H17N2O6S-. The van der Waals surface area contributed by atoms with Crippen molar-refractivity contribution < 1.29 is 29.0 Å². The van der Waals surface area contributed by atoms with Crippen molar-refractivity contribution in [3.63, 3.8) is 0 Å². The van der Waals surface area contributed by atoms with E-state index in [1.165, 1.54) is 18.2 Å². The highest BCUT2D eigenvalue weighted by molar-refractivity contribution is 8.15. The zero-order chi connectivity index (χ0) is 21.0. The molecule has 1 aliphatic rings. The van der Waals surface area contributed by atoms with E-state index >= 15 is 0 Å². The second kappa shape index (κ2) is 8.78. The van der Waals surface area contributed by atoms with Gasteiger partial charge in [-0.25, -0.2) is 4.79 Å². The van der Waals surface area contributed by atoms with Crippen LogP contribution >= 0.6 is 11.8 Å². The summed E-state index contributed by atoms with van der Waals surface area (Å²) in [7, 11) is 0. The summed E-state index contributed by atoms with van der Waals surface area (Å²) in [6.45, 7) is 2.05. The number of rotatable bonds is 7. The number of esters is 1. The van der Waals surface area contributed by atoms with E-state index in [0.29, 0.717) is 16.8 Å². The lowest BCUT2D eigenvalue weighted by molar-refractivity contribution is -0.255. The largest absolute Gasteiger partial charge is 0.545 e. The molecule has 1 aliphatic heterocycles. The summed E-state index contributed by atoms with van der Waals surface area (Å²) in [5, 5.41) is 12.5. The second-order valence-electron chi connectivity index (χ2n) is 6.12. The van der Waals surface area contributed by atoms with E-state index in [1.54, 1.807) is 37.3 Å². The maximum Gasteiger partial charge on any atom is 0.338 e. The molecule has 1 N–H and O–H groups in total. The number of nitrogens with one attached hydrogen (secondary N) is 1. The van der Waals surface area contributed by atoms with E-state index < -0.39 is 28.5 Å². The van der Waals surface area contributed by atoms with E-state index in [-0.39, 0.29) is 18.7 Å². The Morgan fingerprint density at radius 1 is 1.14 bits per heavy atom. The SMILES string of the molecule is CCOC(=O)c1ccc(CN2C(=O)S[C@H](Nc3cccc(C(=O)[O-])c3)C2=O)cc1. The normalized spacial score (nSPS) is 16.0. The molecule has 0 radical (unpaired) electrons. The zero-order valence-electron chi connectivity index (χ0n) is 15.4. The van der Waals surface area contributed by atoms with Crippen molar-refractivity contribution in [2.75, 3.05) is 11.9 Å². The average Bonchev–Trinajstić information content (AvgIpc) is 2.96. The minimum atomic E-state index is -1.33. The molecule has 9 heteroatoms. The van der Waals surface area contributed by atoms with Gasteiger partial charge in [0.2, 0.25) is 0 Å². The van der Waals surface area contributed by atoms with E-state index in [1.807, 2.05) is 0 Å². The van der Waals surface area contributed by atoms with E-state index in [2.05, 4.69) is 5.32 Å². The van der Waals surface area contributed by atoms with E-state index in [9.17, 15) is 24.3 Å². The number of ether oxygens (including phenoxy) is 1. The molecule has 29 heavy (non-hydrogen) atoms. The summed E-state index contributed by atoms with van der Waals surface area (Å²) >= 11 is 0.814. The van der Waals surface area contributed by atoms with Gasteiger partial charge in [0.25, 0.3) is 11.1 Å². The molecule has 0 bridgehead atoms. The van der Waals surface area contributed by atoms with Gasteiger partial charge in [-0.15, -0.1) is 0 Å². The first kappa shape index (κ1) is 20.4. The number of carbonyl (C=O) groups excluding carboxylic acids is 4. The number of carbonyl (C=O) groups is 4. The maximum absolute atomic E-state index is 12.6. The number of hydrogen-bond acceptors (Lipinski definition) is 8. The Hall–Kier alpha value is -3.33. The molecule has 1 saturated heterocycles. The number of aromatic carboxylic acids is 1. The molecule has 0 unspecified atom stereocenters. The Balaban J connectivity index is 1.67. The Bertz CT molecular complexity index is 960. The lowest BCUT2D eigenvalue weighted by Crippen LogP contribution is -2.34. The third kappa shape index (κ3) is 4.75. The third-order valence-electron chi connectivity index (χ3n) is 4.13. The van der Waals surface area contributed by atoms with E-state index in [4.69, 9.17) is 4.74 Å². The molecule has 0 aliphatic carbocycles. The number of carboxylic acid groups (broad SMARTS) is 1. The number of amides is 2. The summed E-state index contributed by atoms with van der Waals surface area (Å²) in [5.41, 5.74) is 1.43. The summed E-state index contributed by atoms with van der Waals surface area (Å²) in [4.78, 5) is 48.7. The topological polar surface area (TPSA) is 116 Å². The quantitative estimate of drug-likeness (QED) is 0.684. The highest BCUT2D eigenvalue weighted by atomic mass is 32.2. The molecule has 8 nitrogen and oxygen atoms in total. The molecule has 0 saturated carbocycles. The summed E-state index contributed by atoms with van der Waals surface area (Å²) < 4.78 is 4.92. The van der Waals surface area contributed by atoms with Crippen LogP contribution in [0.2, 0.25) is 0 Å². The second-order valence-corrected chi connectivity index (χ2v) is 7.17. The molecule has 0 aromatic heterocycles. The fraction of sp³-hybridized carbons (Fsp3) is 0.200. The summed E-state index contributed by atoms with van der Waals surface area (Å²) in [6, 6.07) is 12.3. The molecule has 1 fully saturated rings. The monoisotopic (exact) mass is 413 g/mol. The lowest BCUT2D eigenvalue weighted by Gasteiger charge is -2.15. The van der Waals surface area contributed by atoms with Crippen LogP contribution in [0.1, 0.15) is 33.2 Å². The van der Waals surface area contributed by atoms with Crippen molar-refractivity contribution in [3.05, 3.63) is 65.2 Å². The summed E-state index contributed by atoms with van der Waals surface area (Å²) in [6.07, 6.45) is 0. The van der Waals surface area contributed by atoms with Crippen molar-refractivity contribution in [3.8, 4) is 0 Å². The molecule has 1 heterocycles. The van der Waals surface area contributed by atoms with Crippen LogP contribution in [0, 0.1) is 0 Å². The first-order valence-corrected chi connectivity index (χ1v) is 9.63. The van der Waals surface area contributed by atoms with Crippen molar-refractivity contribution in [1.82, 2.24) is 4.90 Å². The van der Waals surface area contributed by atoms with Gasteiger partial charge in [0.05, 0.1) is 24.7 Å². The number of thioether (sulfide) groups is 1. The third-order valence-corrected chi connectivity index (χ3v) is 5.11. The van der Waals surface area contributed by atoms with Gasteiger partial charge in [0, 0.05) is 5.69 Å². The van der Waals surface area contributed by atoms with Gasteiger partial charge < -0.3 is 20.0 Å². The molecule has 150 valence electrons. The fourth-order valence-electron chi connectivity index (χ4n) is 2.71. The number of carboxylic acids is 1. The average molecular weight is 413 g/mol. The Labute approximate surface area is 170 Å². The van der Waals surface area contributed by atoms with Crippen LogP contribution in [-0.2, 0) is 16.1 Å². The Morgan fingerprint density at radius 3 is 2.52 bits per heavy atom. The van der Waals surface area contributed by atoms with Crippen LogP contribution in [0.4, 0.5) is 10.5 Å². The minimum absolute atomic E-state index is 0.0321. The van der Waals surface area contributed by atoms with Crippen LogP contribution in [0.5, 0.6) is 0 Å². The highest BCUT2D eigenvalue weighted by Gasteiger charge is 2.39. The predicted molar refractivity (Wildman–Crippen MR) is 104 cm³/mol. The molecule has 2 aromatic carbocycles. The van der Waals surface area contributed by atoms with Gasteiger partial charge >= 0.3 is 5.97 Å². The number of imide groups is 1. The standard InChI is InChI=1S/C20H18N2O6S/c1-2-28-19(26)13-8-6-12(7-9-13)11-22-17(23)16(29-20(22)27)21-15-5-3-4-14(10-15)18(24)25/h3-10,16,21H,2,11H2,1H3,(H,24,25)/p-1/t16-/m0/s1. The Morgan fingerprint density at radius 2 is 1.86 bits per heavy atom. The van der Waals surface area contributed by atoms with Gasteiger partial charge in [0.1, 0.15) is 0 Å². The number of hydrogen-bond donors (Lipinski definition) is 1. The molecular weight excluding hydrogens is 396 g/mol. The van der Waals surface area contributed by atoms with Crippen molar-refractivity contribution in [1.29, 1.82) is 0 Å². The molecule has 2 amide bonds. The lowest BCUT2D eigenvalue weighted by atomic mass is 10.1. The molecule has 2 aromatic rings. The smallest absolute Gasteiger partial charge is 0.338 e. The van der Waals surface area contributed by atoms with Gasteiger partial charge in [-0.1, -0.05) is 24.3 Å². The van der Waals surface area contributed by atoms with Crippen molar-refractivity contribution in [2.45, 2.75) is 18.8 Å². The predicted octanol–water partition coefficient (Wildman–Crippen LogP) is 1.86.